The zero-order valence-electron chi connectivity index (χ0n) is 13.1. The van der Waals surface area contributed by atoms with E-state index in [1.807, 2.05) is 6.92 Å². The molecule has 3 rings (SSSR count). The first-order valence-electron chi connectivity index (χ1n) is 7.96. The lowest BCUT2D eigenvalue weighted by Gasteiger charge is -2.36. The number of hydrogen-bond donors (Lipinski definition) is 2. The Morgan fingerprint density at radius 1 is 1.48 bits per heavy atom. The van der Waals surface area contributed by atoms with E-state index in [1.54, 1.807) is 12.1 Å². The molecule has 2 atom stereocenters. The summed E-state index contributed by atoms with van der Waals surface area (Å²) < 4.78 is 5.13. The van der Waals surface area contributed by atoms with E-state index in [-0.39, 0.29) is 30.8 Å². The molecule has 2 N–H and O–H groups in total. The van der Waals surface area contributed by atoms with Crippen molar-refractivity contribution in [2.24, 2.45) is 5.92 Å². The molecule has 1 aromatic heterocycles. The molecule has 1 spiro atoms. The van der Waals surface area contributed by atoms with Gasteiger partial charge in [0, 0.05) is 0 Å². The molecule has 1 saturated carbocycles. The van der Waals surface area contributed by atoms with Gasteiger partial charge < -0.3 is 15.1 Å². The largest absolute Gasteiger partial charge is 0.467 e. The molecule has 2 heterocycles. The van der Waals surface area contributed by atoms with Crippen LogP contribution in [0.25, 0.3) is 0 Å². The predicted molar refractivity (Wildman–Crippen MR) is 81.2 cm³/mol. The van der Waals surface area contributed by atoms with Gasteiger partial charge >= 0.3 is 6.03 Å². The van der Waals surface area contributed by atoms with Crippen LogP contribution >= 0.6 is 0 Å². The summed E-state index contributed by atoms with van der Waals surface area (Å²) in [7, 11) is 0. The fourth-order valence-corrected chi connectivity index (χ4v) is 3.44. The first-order chi connectivity index (χ1) is 11.0. The Labute approximate surface area is 134 Å². The molecule has 1 saturated heterocycles. The maximum atomic E-state index is 12.7. The number of urea groups is 1. The highest BCUT2D eigenvalue weighted by Gasteiger charge is 2.55. The molecule has 1 aliphatic carbocycles. The summed E-state index contributed by atoms with van der Waals surface area (Å²) in [5.41, 5.74) is -0.823. The van der Waals surface area contributed by atoms with E-state index >= 15 is 0 Å². The second-order valence-corrected chi connectivity index (χ2v) is 6.30. The summed E-state index contributed by atoms with van der Waals surface area (Å²) in [4.78, 5) is 37.9. The lowest BCUT2D eigenvalue weighted by Crippen LogP contribution is -2.54. The van der Waals surface area contributed by atoms with Crippen LogP contribution in [-0.2, 0) is 16.1 Å². The van der Waals surface area contributed by atoms with Crippen molar-refractivity contribution >= 4 is 17.8 Å². The molecule has 0 aromatic carbocycles. The first-order valence-corrected chi connectivity index (χ1v) is 7.96. The molecule has 1 aliphatic heterocycles. The van der Waals surface area contributed by atoms with Crippen molar-refractivity contribution < 1.29 is 18.8 Å². The van der Waals surface area contributed by atoms with Gasteiger partial charge in [0.2, 0.25) is 5.91 Å². The van der Waals surface area contributed by atoms with Crippen LogP contribution in [0.5, 0.6) is 0 Å². The third-order valence-electron chi connectivity index (χ3n) is 4.84. The zero-order valence-corrected chi connectivity index (χ0v) is 13.1. The van der Waals surface area contributed by atoms with Crippen molar-refractivity contribution in [3.05, 3.63) is 24.2 Å². The Kier molecular flexibility index (Phi) is 4.11. The van der Waals surface area contributed by atoms with Crippen LogP contribution in [-0.4, -0.2) is 34.8 Å². The quantitative estimate of drug-likeness (QED) is 0.821. The second-order valence-electron chi connectivity index (χ2n) is 6.30. The number of carbonyl (C=O) groups excluding carboxylic acids is 3. The van der Waals surface area contributed by atoms with Crippen molar-refractivity contribution in [2.75, 3.05) is 6.54 Å². The van der Waals surface area contributed by atoms with Crippen LogP contribution in [0, 0.1) is 5.92 Å². The third-order valence-corrected chi connectivity index (χ3v) is 4.84. The zero-order chi connectivity index (χ0) is 16.4. The number of nitrogens with zero attached hydrogens (tertiary/aromatic N) is 1. The average Bonchev–Trinajstić information content (AvgIpc) is 3.12. The normalized spacial score (nSPS) is 27.3. The van der Waals surface area contributed by atoms with Gasteiger partial charge in [-0.25, -0.2) is 4.79 Å². The SMILES string of the molecule is C[C@@H]1CCCC[C@@]12NC(=O)N(CC(=O)NCc1ccco1)C2=O. The Balaban J connectivity index is 1.62. The molecule has 23 heavy (non-hydrogen) atoms. The first kappa shape index (κ1) is 15.6. The highest BCUT2D eigenvalue weighted by molar-refractivity contribution is 6.09. The second kappa shape index (κ2) is 6.06. The van der Waals surface area contributed by atoms with Crippen molar-refractivity contribution in [2.45, 2.75) is 44.7 Å². The van der Waals surface area contributed by atoms with E-state index in [4.69, 9.17) is 4.42 Å². The van der Waals surface area contributed by atoms with Crippen LogP contribution in [0.2, 0.25) is 0 Å². The molecular formula is C16H21N3O4. The van der Waals surface area contributed by atoms with E-state index in [0.29, 0.717) is 12.2 Å². The minimum absolute atomic E-state index is 0.0869. The molecule has 124 valence electrons. The highest BCUT2D eigenvalue weighted by Crippen LogP contribution is 2.38. The number of furan rings is 1. The molecule has 0 radical (unpaired) electrons. The highest BCUT2D eigenvalue weighted by atomic mass is 16.3. The van der Waals surface area contributed by atoms with Crippen molar-refractivity contribution in [1.82, 2.24) is 15.5 Å². The number of carbonyl (C=O) groups is 3. The number of rotatable bonds is 4. The van der Waals surface area contributed by atoms with Gasteiger partial charge in [0.05, 0.1) is 12.8 Å². The number of amides is 4. The summed E-state index contributed by atoms with van der Waals surface area (Å²) >= 11 is 0. The van der Waals surface area contributed by atoms with Crippen LogP contribution in [0.1, 0.15) is 38.4 Å². The van der Waals surface area contributed by atoms with Gasteiger partial charge in [0.15, 0.2) is 0 Å². The monoisotopic (exact) mass is 319 g/mol. The molecule has 7 heteroatoms. The molecule has 7 nitrogen and oxygen atoms in total. The molecular weight excluding hydrogens is 298 g/mol. The topological polar surface area (TPSA) is 91.7 Å². The van der Waals surface area contributed by atoms with Gasteiger partial charge in [0.25, 0.3) is 5.91 Å². The van der Waals surface area contributed by atoms with Gasteiger partial charge in [0.1, 0.15) is 17.8 Å². The molecule has 2 aliphatic rings. The Morgan fingerprint density at radius 2 is 2.30 bits per heavy atom. The minimum Gasteiger partial charge on any atom is -0.467 e. The average molecular weight is 319 g/mol. The van der Waals surface area contributed by atoms with E-state index in [9.17, 15) is 14.4 Å². The Hall–Kier alpha value is -2.31. The number of nitrogens with one attached hydrogen (secondary N) is 2. The summed E-state index contributed by atoms with van der Waals surface area (Å²) in [6.45, 7) is 1.95. The Bertz CT molecular complexity index is 613. The smallest absolute Gasteiger partial charge is 0.325 e. The maximum absolute atomic E-state index is 12.7. The van der Waals surface area contributed by atoms with Crippen molar-refractivity contribution in [3.8, 4) is 0 Å². The lowest BCUT2D eigenvalue weighted by molar-refractivity contribution is -0.137. The number of imide groups is 1. The molecule has 0 bridgehead atoms. The van der Waals surface area contributed by atoms with Gasteiger partial charge in [-0.3, -0.25) is 14.5 Å². The van der Waals surface area contributed by atoms with E-state index in [2.05, 4.69) is 10.6 Å². The molecule has 2 fully saturated rings. The summed E-state index contributed by atoms with van der Waals surface area (Å²) in [5.74, 6) is 0.0464. The van der Waals surface area contributed by atoms with E-state index in [0.717, 1.165) is 24.2 Å². The Morgan fingerprint density at radius 3 is 3.00 bits per heavy atom. The van der Waals surface area contributed by atoms with Gasteiger partial charge in [-0.15, -0.1) is 0 Å². The van der Waals surface area contributed by atoms with E-state index in [1.165, 1.54) is 6.26 Å². The molecule has 0 unspecified atom stereocenters. The maximum Gasteiger partial charge on any atom is 0.325 e. The molecule has 4 amide bonds. The number of hydrogen-bond acceptors (Lipinski definition) is 4. The third kappa shape index (κ3) is 2.83. The minimum atomic E-state index is -0.823. The summed E-state index contributed by atoms with van der Waals surface area (Å²) in [6.07, 6.45) is 5.05. The van der Waals surface area contributed by atoms with Crippen LogP contribution in [0.4, 0.5) is 4.79 Å². The van der Waals surface area contributed by atoms with Gasteiger partial charge in [-0.2, -0.15) is 0 Å². The molecule has 1 aromatic rings. The van der Waals surface area contributed by atoms with Crippen LogP contribution in [0.15, 0.2) is 22.8 Å². The van der Waals surface area contributed by atoms with Crippen LogP contribution in [0.3, 0.4) is 0 Å². The summed E-state index contributed by atoms with van der Waals surface area (Å²) in [6, 6.07) is 3.00. The van der Waals surface area contributed by atoms with Crippen molar-refractivity contribution in [1.29, 1.82) is 0 Å². The van der Waals surface area contributed by atoms with Crippen LogP contribution < -0.4 is 10.6 Å². The fourth-order valence-electron chi connectivity index (χ4n) is 3.44. The van der Waals surface area contributed by atoms with E-state index < -0.39 is 11.6 Å². The predicted octanol–water partition coefficient (Wildman–Crippen LogP) is 1.40. The van der Waals surface area contributed by atoms with Gasteiger partial charge in [-0.1, -0.05) is 19.8 Å². The van der Waals surface area contributed by atoms with Crippen molar-refractivity contribution in [3.63, 3.8) is 0 Å². The summed E-state index contributed by atoms with van der Waals surface area (Å²) in [5, 5.41) is 5.48. The fraction of sp³-hybridized carbons (Fsp3) is 0.562. The van der Waals surface area contributed by atoms with Gasteiger partial charge in [-0.05, 0) is 30.9 Å². The standard InChI is InChI=1S/C16H21N3O4/c1-11-5-2-3-7-16(11)14(21)19(15(22)18-16)10-13(20)17-9-12-6-4-8-23-12/h4,6,8,11H,2-3,5,7,9-10H2,1H3,(H,17,20)(H,18,22)/t11-,16-/m1/s1. The lowest BCUT2D eigenvalue weighted by atomic mass is 9.73.